The van der Waals surface area contributed by atoms with Crippen molar-refractivity contribution >= 4 is 47.0 Å². The largest absolute Gasteiger partial charge is 0.0822 e. The molecule has 0 radical (unpaired) electrons. The lowest BCUT2D eigenvalue weighted by atomic mass is 9.80. The molecule has 1 aromatic carbocycles. The van der Waals surface area contributed by atoms with Crippen molar-refractivity contribution in [3.05, 3.63) is 63.3 Å². The molecule has 1 aliphatic carbocycles. The number of alkyl halides is 1. The maximum Gasteiger partial charge on any atom is 0.0437 e. The molecule has 1 aliphatic heterocycles. The van der Waals surface area contributed by atoms with Crippen LogP contribution in [0.3, 0.4) is 0 Å². The molecular formula is C16H14I2. The molecule has 2 atom stereocenters. The third-order valence-electron chi connectivity index (χ3n) is 3.57. The summed E-state index contributed by atoms with van der Waals surface area (Å²) in [4.78, 5) is 0. The SMILES string of the molecule is IC1C2=C(C=CI=C=C2)CCC1c1ccccc1. The third-order valence-corrected chi connectivity index (χ3v) is 6.50. The van der Waals surface area contributed by atoms with Crippen LogP contribution in [0.1, 0.15) is 24.3 Å². The van der Waals surface area contributed by atoms with Crippen LogP contribution in [0.15, 0.2) is 57.7 Å². The summed E-state index contributed by atoms with van der Waals surface area (Å²) in [5.74, 6) is 0.660. The van der Waals surface area contributed by atoms with Crippen molar-refractivity contribution in [2.24, 2.45) is 0 Å². The van der Waals surface area contributed by atoms with Gasteiger partial charge in [0.15, 0.2) is 0 Å². The summed E-state index contributed by atoms with van der Waals surface area (Å²) in [7, 11) is 0. The van der Waals surface area contributed by atoms with E-state index in [2.05, 4.69) is 72.8 Å². The van der Waals surface area contributed by atoms with Gasteiger partial charge in [0.2, 0.25) is 0 Å². The molecule has 0 nitrogen and oxygen atoms in total. The summed E-state index contributed by atoms with van der Waals surface area (Å²) < 4.78 is 6.41. The fourth-order valence-electron chi connectivity index (χ4n) is 2.62. The Morgan fingerprint density at radius 1 is 1.22 bits per heavy atom. The van der Waals surface area contributed by atoms with Gasteiger partial charge in [0.05, 0.1) is 0 Å². The summed E-state index contributed by atoms with van der Waals surface area (Å²) in [5.41, 5.74) is 4.55. The number of halogens is 2. The zero-order valence-electron chi connectivity index (χ0n) is 9.94. The van der Waals surface area contributed by atoms with E-state index in [9.17, 15) is 0 Å². The van der Waals surface area contributed by atoms with Gasteiger partial charge in [-0.1, -0.05) is 62.7 Å². The normalized spacial score (nSPS) is 26.5. The summed E-state index contributed by atoms with van der Waals surface area (Å²) in [6, 6.07) is 11.0. The summed E-state index contributed by atoms with van der Waals surface area (Å²) >= 11 is 2.65. The highest BCUT2D eigenvalue weighted by Gasteiger charge is 2.28. The predicted molar refractivity (Wildman–Crippen MR) is 96.0 cm³/mol. The first kappa shape index (κ1) is 12.8. The highest BCUT2D eigenvalue weighted by molar-refractivity contribution is 14.2. The van der Waals surface area contributed by atoms with Crippen molar-refractivity contribution < 1.29 is 0 Å². The van der Waals surface area contributed by atoms with Crippen LogP contribution in [0.4, 0.5) is 0 Å². The van der Waals surface area contributed by atoms with E-state index >= 15 is 0 Å². The molecule has 1 aromatic rings. The van der Waals surface area contributed by atoms with Gasteiger partial charge in [0, 0.05) is 9.84 Å². The van der Waals surface area contributed by atoms with Gasteiger partial charge in [-0.25, -0.2) is 0 Å². The van der Waals surface area contributed by atoms with Gasteiger partial charge in [-0.2, -0.15) is 0 Å². The fourth-order valence-corrected chi connectivity index (χ4v) is 5.31. The Morgan fingerprint density at radius 2 is 2.06 bits per heavy atom. The molecule has 0 bridgehead atoms. The fraction of sp³-hybridized carbons (Fsp3) is 0.250. The van der Waals surface area contributed by atoms with Crippen molar-refractivity contribution in [1.29, 1.82) is 0 Å². The van der Waals surface area contributed by atoms with E-state index < -0.39 is 0 Å². The number of rotatable bonds is 1. The number of allylic oxidation sites excluding steroid dienone is 4. The van der Waals surface area contributed by atoms with Gasteiger partial charge in [-0.15, -0.1) is 0 Å². The van der Waals surface area contributed by atoms with Gasteiger partial charge in [0.1, 0.15) is 0 Å². The van der Waals surface area contributed by atoms with Crippen LogP contribution in [-0.2, 0) is 0 Å². The standard InChI is InChI=1S/C16H14I2/c17-16-14(12-4-2-1-3-5-12)7-6-13-8-10-18-11-9-15(13)16/h1-5,8-10,14,16H,6-7H2. The smallest absolute Gasteiger partial charge is 0.0437 e. The van der Waals surface area contributed by atoms with Crippen LogP contribution in [0.5, 0.6) is 0 Å². The van der Waals surface area contributed by atoms with Gasteiger partial charge >= 0.3 is 0 Å². The Morgan fingerprint density at radius 3 is 2.89 bits per heavy atom. The molecule has 2 aliphatic rings. The third kappa shape index (κ3) is 2.56. The van der Waals surface area contributed by atoms with E-state index in [1.807, 2.05) is 0 Å². The van der Waals surface area contributed by atoms with Crippen LogP contribution in [0, 0.1) is 0 Å². The zero-order valence-corrected chi connectivity index (χ0v) is 14.3. The molecule has 0 saturated heterocycles. The summed E-state index contributed by atoms with van der Waals surface area (Å²) in [6.07, 6.45) is 7.11. The number of hydrogen-bond donors (Lipinski definition) is 0. The molecule has 18 heavy (non-hydrogen) atoms. The minimum atomic E-state index is 0.0281. The Balaban J connectivity index is 1.97. The maximum atomic E-state index is 3.48. The zero-order chi connectivity index (χ0) is 12.4. The first-order valence-corrected chi connectivity index (χ1v) is 9.73. The van der Waals surface area contributed by atoms with E-state index in [4.69, 9.17) is 0 Å². The van der Waals surface area contributed by atoms with Crippen molar-refractivity contribution in [2.45, 2.75) is 22.7 Å². The van der Waals surface area contributed by atoms with Gasteiger partial charge in [-0.3, -0.25) is 0 Å². The van der Waals surface area contributed by atoms with Crippen LogP contribution in [-0.4, -0.2) is 7.59 Å². The van der Waals surface area contributed by atoms with Crippen LogP contribution >= 0.6 is 43.3 Å². The Labute approximate surface area is 132 Å². The van der Waals surface area contributed by atoms with Crippen LogP contribution in [0.25, 0.3) is 0 Å². The Hall–Kier alpha value is -0.190. The maximum absolute atomic E-state index is 3.48. The van der Waals surface area contributed by atoms with Crippen molar-refractivity contribution in [2.75, 3.05) is 0 Å². The number of benzene rings is 1. The lowest BCUT2D eigenvalue weighted by Gasteiger charge is -2.30. The monoisotopic (exact) mass is 460 g/mol. The predicted octanol–water partition coefficient (Wildman–Crippen LogP) is 5.12. The molecule has 0 spiro atoms. The second-order valence-electron chi connectivity index (χ2n) is 4.59. The quantitative estimate of drug-likeness (QED) is 0.404. The van der Waals surface area contributed by atoms with Crippen molar-refractivity contribution in [3.8, 4) is 0 Å². The molecule has 1 heterocycles. The molecule has 0 amide bonds. The van der Waals surface area contributed by atoms with E-state index in [-0.39, 0.29) is 20.7 Å². The molecule has 2 unspecified atom stereocenters. The van der Waals surface area contributed by atoms with E-state index in [0.29, 0.717) is 9.84 Å². The van der Waals surface area contributed by atoms with Crippen molar-refractivity contribution in [3.63, 3.8) is 0 Å². The lowest BCUT2D eigenvalue weighted by molar-refractivity contribution is 0.615. The first-order valence-electron chi connectivity index (χ1n) is 6.16. The second kappa shape index (κ2) is 5.85. The molecule has 0 fully saturated rings. The molecule has 0 saturated carbocycles. The van der Waals surface area contributed by atoms with Crippen LogP contribution < -0.4 is 0 Å². The minimum absolute atomic E-state index is 0.0281. The summed E-state index contributed by atoms with van der Waals surface area (Å²) in [6.45, 7) is 0. The highest BCUT2D eigenvalue weighted by atomic mass is 127. The summed E-state index contributed by atoms with van der Waals surface area (Å²) in [5, 5.41) is 0. The van der Waals surface area contributed by atoms with Gasteiger partial charge in [0.25, 0.3) is 0 Å². The minimum Gasteiger partial charge on any atom is -0.0822 e. The van der Waals surface area contributed by atoms with E-state index in [0.717, 1.165) is 0 Å². The molecule has 0 N–H and O–H groups in total. The molecule has 2 heteroatoms. The van der Waals surface area contributed by atoms with E-state index in [1.54, 1.807) is 5.57 Å². The molecular weight excluding hydrogens is 446 g/mol. The molecule has 3 rings (SSSR count). The van der Waals surface area contributed by atoms with Crippen LogP contribution in [0.2, 0.25) is 0 Å². The molecule has 92 valence electrons. The highest BCUT2D eigenvalue weighted by Crippen LogP contribution is 2.42. The van der Waals surface area contributed by atoms with E-state index in [1.165, 1.54) is 24.0 Å². The average molecular weight is 460 g/mol. The molecule has 0 aromatic heterocycles. The topological polar surface area (TPSA) is 0 Å². The Kier molecular flexibility index (Phi) is 4.16. The van der Waals surface area contributed by atoms with Gasteiger partial charge < -0.3 is 0 Å². The first-order chi connectivity index (χ1) is 8.86. The average Bonchev–Trinajstić information content (AvgIpc) is 2.66. The Bertz CT molecular complexity index is 560. The van der Waals surface area contributed by atoms with Gasteiger partial charge in [-0.05, 0) is 60.4 Å². The lowest BCUT2D eigenvalue weighted by Crippen LogP contribution is -2.20. The number of hydrogen-bond acceptors (Lipinski definition) is 0. The van der Waals surface area contributed by atoms with Crippen molar-refractivity contribution in [1.82, 2.24) is 0 Å². The second-order valence-corrected chi connectivity index (χ2v) is 7.90.